The monoisotopic (exact) mass is 797 g/mol. The molecule has 6 aliphatic rings. The fourth-order valence-electron chi connectivity index (χ4n) is 9.83. The molecule has 1 saturated carbocycles. The van der Waals surface area contributed by atoms with E-state index in [-0.39, 0.29) is 35.5 Å². The molecule has 0 aromatic heterocycles. The molecule has 2 aliphatic carbocycles. The topological polar surface area (TPSA) is 116 Å². The third-order valence-electron chi connectivity index (χ3n) is 13.0. The van der Waals surface area contributed by atoms with E-state index in [0.29, 0.717) is 44.5 Å². The van der Waals surface area contributed by atoms with E-state index in [0.717, 1.165) is 95.0 Å². The van der Waals surface area contributed by atoms with Crippen LogP contribution in [0.2, 0.25) is 5.02 Å². The van der Waals surface area contributed by atoms with Crippen molar-refractivity contribution in [1.29, 1.82) is 0 Å². The third kappa shape index (κ3) is 8.61. The maximum Gasteiger partial charge on any atom is 0.264 e. The molecule has 1 N–H and O–H groups in total. The van der Waals surface area contributed by atoms with Crippen molar-refractivity contribution in [2.24, 2.45) is 11.8 Å². The maximum atomic E-state index is 14.2. The SMILES string of the molecule is CO[C@H]1C/C=C/[C@H](OCCN2CCOCC2)[C@@H]2CC[C@H]2CN2C[C@@]3(CCCc4cc(Cl)ccc43)COc3ccc(cc32)C(=O)NS(=O)(=O)[C@@H]1C[C@@H]1CCCO1. The number of carbonyl (C=O) groups excluding carboxylic acids is 1. The van der Waals surface area contributed by atoms with E-state index in [1.54, 1.807) is 13.2 Å². The lowest BCUT2D eigenvalue weighted by atomic mass is 9.68. The number of carbonyl (C=O) groups is 1. The Hall–Kier alpha value is -2.71. The number of anilines is 1. The van der Waals surface area contributed by atoms with Crippen LogP contribution in [0.15, 0.2) is 48.6 Å². The van der Waals surface area contributed by atoms with Gasteiger partial charge >= 0.3 is 0 Å². The highest BCUT2D eigenvalue weighted by atomic mass is 35.5. The normalized spacial score (nSPS) is 33.1. The van der Waals surface area contributed by atoms with Gasteiger partial charge in [-0.25, -0.2) is 13.1 Å². The molecule has 55 heavy (non-hydrogen) atoms. The summed E-state index contributed by atoms with van der Waals surface area (Å²) in [5.41, 5.74) is 3.34. The van der Waals surface area contributed by atoms with E-state index in [9.17, 15) is 13.2 Å². The average Bonchev–Trinajstić information content (AvgIpc) is 3.64. The number of hydrogen-bond donors (Lipinski definition) is 1. The zero-order valence-corrected chi connectivity index (χ0v) is 33.5. The molecule has 2 aromatic rings. The summed E-state index contributed by atoms with van der Waals surface area (Å²) in [5.74, 6) is 0.645. The number of halogens is 1. The summed E-state index contributed by atoms with van der Waals surface area (Å²) >= 11 is 6.50. The summed E-state index contributed by atoms with van der Waals surface area (Å²) in [6.07, 6.45) is 10.4. The lowest BCUT2D eigenvalue weighted by molar-refractivity contribution is -0.0316. The molecule has 3 fully saturated rings. The number of benzene rings is 2. The van der Waals surface area contributed by atoms with Crippen LogP contribution in [0.5, 0.6) is 5.75 Å². The fraction of sp³-hybridized carbons (Fsp3) is 0.643. The minimum Gasteiger partial charge on any atom is -0.490 e. The number of nitrogens with zero attached hydrogens (tertiary/aromatic N) is 2. The second-order valence-electron chi connectivity index (χ2n) is 16.4. The molecule has 4 aliphatic heterocycles. The van der Waals surface area contributed by atoms with Crippen molar-refractivity contribution in [2.75, 3.05) is 77.8 Å². The largest absolute Gasteiger partial charge is 0.490 e. The van der Waals surface area contributed by atoms with Crippen LogP contribution in [0, 0.1) is 11.8 Å². The first-order valence-electron chi connectivity index (χ1n) is 20.3. The van der Waals surface area contributed by atoms with Crippen molar-refractivity contribution in [3.8, 4) is 5.75 Å². The lowest BCUT2D eigenvalue weighted by Crippen LogP contribution is -2.50. The molecule has 300 valence electrons. The van der Waals surface area contributed by atoms with Crippen LogP contribution in [0.1, 0.15) is 72.9 Å². The van der Waals surface area contributed by atoms with E-state index in [1.165, 1.54) is 11.1 Å². The molecular weight excluding hydrogens is 742 g/mol. The van der Waals surface area contributed by atoms with Crippen LogP contribution in [-0.2, 0) is 40.8 Å². The highest BCUT2D eigenvalue weighted by Crippen LogP contribution is 2.47. The molecule has 4 heterocycles. The molecule has 2 bridgehead atoms. The van der Waals surface area contributed by atoms with Gasteiger partial charge in [-0.15, -0.1) is 0 Å². The van der Waals surface area contributed by atoms with Gasteiger partial charge in [0.15, 0.2) is 0 Å². The molecule has 7 atom stereocenters. The number of amides is 1. The summed E-state index contributed by atoms with van der Waals surface area (Å²) in [5, 5.41) is -0.260. The molecule has 0 radical (unpaired) electrons. The van der Waals surface area contributed by atoms with Crippen molar-refractivity contribution in [2.45, 2.75) is 86.8 Å². The van der Waals surface area contributed by atoms with Gasteiger partial charge in [-0.1, -0.05) is 29.8 Å². The second kappa shape index (κ2) is 17.0. The van der Waals surface area contributed by atoms with Gasteiger partial charge in [0.25, 0.3) is 5.91 Å². The van der Waals surface area contributed by atoms with E-state index in [4.69, 9.17) is 35.3 Å². The number of fused-ring (bicyclic) bond motifs is 4. The molecule has 11 nitrogen and oxygen atoms in total. The summed E-state index contributed by atoms with van der Waals surface area (Å²) in [6.45, 7) is 7.28. The van der Waals surface area contributed by atoms with Gasteiger partial charge in [0.1, 0.15) is 11.0 Å². The van der Waals surface area contributed by atoms with E-state index >= 15 is 0 Å². The Balaban J connectivity index is 1.15. The van der Waals surface area contributed by atoms with Gasteiger partial charge < -0.3 is 28.6 Å². The Morgan fingerprint density at radius 1 is 1.05 bits per heavy atom. The van der Waals surface area contributed by atoms with Crippen molar-refractivity contribution in [3.63, 3.8) is 0 Å². The Kier molecular flexibility index (Phi) is 12.1. The highest BCUT2D eigenvalue weighted by molar-refractivity contribution is 7.90. The predicted octanol–water partition coefficient (Wildman–Crippen LogP) is 5.53. The van der Waals surface area contributed by atoms with Crippen LogP contribution in [0.4, 0.5) is 5.69 Å². The zero-order valence-electron chi connectivity index (χ0n) is 32.0. The quantitative estimate of drug-likeness (QED) is 0.359. The molecular formula is C42H56ClN3O8S. The first kappa shape index (κ1) is 39.1. The minimum atomic E-state index is -4.19. The molecule has 2 saturated heterocycles. The number of hydrogen-bond acceptors (Lipinski definition) is 10. The van der Waals surface area contributed by atoms with Crippen molar-refractivity contribution >= 4 is 33.2 Å². The number of ether oxygens (including phenoxy) is 5. The highest BCUT2D eigenvalue weighted by Gasteiger charge is 2.45. The Labute approximate surface area is 331 Å². The van der Waals surface area contributed by atoms with Gasteiger partial charge in [-0.2, -0.15) is 0 Å². The standard InChI is InChI=1S/C42H56ClN3O8S/c1-50-39-8-2-7-37(53-22-18-45-16-20-51-21-17-45)34-12-9-31(34)26-46-27-42(15-3-5-29-23-32(43)11-13-35(29)42)28-54-38-14-10-30(24-36(38)46)41(47)44-55(48,49)40(39)25-33-6-4-19-52-33/h2,7,10-11,13-14,23-24,31,33-34,37,39-40H,3-6,8-9,12,15-22,25-28H2,1H3,(H,44,47)/b7-2+/t31-,33-,34+,37-,39-,40+,42-/m0/s1. The second-order valence-corrected chi connectivity index (χ2v) is 18.7. The molecule has 2 aromatic carbocycles. The molecule has 0 unspecified atom stereocenters. The summed E-state index contributed by atoms with van der Waals surface area (Å²) in [6, 6.07) is 11.6. The Morgan fingerprint density at radius 2 is 1.93 bits per heavy atom. The maximum absolute atomic E-state index is 14.2. The molecule has 8 rings (SSSR count). The van der Waals surface area contributed by atoms with Crippen LogP contribution in [0.3, 0.4) is 0 Å². The number of aryl methyl sites for hydroxylation is 1. The van der Waals surface area contributed by atoms with E-state index in [1.807, 2.05) is 24.3 Å². The number of morpholine rings is 1. The van der Waals surface area contributed by atoms with Crippen LogP contribution in [0.25, 0.3) is 0 Å². The number of sulfonamides is 1. The Bertz CT molecular complexity index is 1820. The lowest BCUT2D eigenvalue weighted by Gasteiger charge is -2.46. The smallest absolute Gasteiger partial charge is 0.264 e. The van der Waals surface area contributed by atoms with Gasteiger partial charge in [0.2, 0.25) is 10.0 Å². The zero-order chi connectivity index (χ0) is 38.0. The van der Waals surface area contributed by atoms with Crippen LogP contribution >= 0.6 is 11.6 Å². The number of rotatable bonds is 7. The molecule has 1 spiro atoms. The van der Waals surface area contributed by atoms with Crippen LogP contribution < -0.4 is 14.4 Å². The average molecular weight is 798 g/mol. The van der Waals surface area contributed by atoms with E-state index in [2.05, 4.69) is 32.7 Å². The van der Waals surface area contributed by atoms with Crippen molar-refractivity contribution in [3.05, 3.63) is 70.3 Å². The van der Waals surface area contributed by atoms with E-state index < -0.39 is 27.3 Å². The van der Waals surface area contributed by atoms with Gasteiger partial charge in [0.05, 0.1) is 50.4 Å². The van der Waals surface area contributed by atoms with Crippen LogP contribution in [-0.4, -0.2) is 116 Å². The first-order valence-corrected chi connectivity index (χ1v) is 22.2. The Morgan fingerprint density at radius 3 is 2.71 bits per heavy atom. The minimum absolute atomic E-state index is 0.140. The van der Waals surface area contributed by atoms with Crippen molar-refractivity contribution in [1.82, 2.24) is 9.62 Å². The fourth-order valence-corrected chi connectivity index (χ4v) is 11.6. The van der Waals surface area contributed by atoms with Crippen molar-refractivity contribution < 1.29 is 36.9 Å². The third-order valence-corrected chi connectivity index (χ3v) is 15.0. The molecule has 1 amide bonds. The van der Waals surface area contributed by atoms with Gasteiger partial charge in [-0.05, 0) is 111 Å². The van der Waals surface area contributed by atoms with Gasteiger partial charge in [0, 0.05) is 62.4 Å². The summed E-state index contributed by atoms with van der Waals surface area (Å²) < 4.78 is 61.8. The number of methoxy groups -OCH3 is 1. The predicted molar refractivity (Wildman–Crippen MR) is 212 cm³/mol. The first-order chi connectivity index (χ1) is 26.7. The molecule has 13 heteroatoms. The summed E-state index contributed by atoms with van der Waals surface area (Å²) in [4.78, 5) is 18.8. The summed E-state index contributed by atoms with van der Waals surface area (Å²) in [7, 11) is -2.64. The van der Waals surface area contributed by atoms with Gasteiger partial charge in [-0.3, -0.25) is 9.69 Å². The number of nitrogens with one attached hydrogen (secondary N) is 1.